The molecule has 1 aromatic rings. The molecule has 0 aliphatic carbocycles. The average Bonchev–Trinajstić information content (AvgIpc) is 3.16. The molecule has 2 aliphatic rings. The van der Waals surface area contributed by atoms with Gasteiger partial charge >= 0.3 is 0 Å². The number of carbonyl (C=O) groups is 2. The lowest BCUT2D eigenvalue weighted by Gasteiger charge is -2.27. The Morgan fingerprint density at radius 2 is 1.74 bits per heavy atom. The predicted molar refractivity (Wildman–Crippen MR) is 84.0 cm³/mol. The first kappa shape index (κ1) is 16.0. The van der Waals surface area contributed by atoms with E-state index in [9.17, 15) is 18.0 Å². The van der Waals surface area contributed by atoms with Crippen molar-refractivity contribution >= 4 is 21.8 Å². The Kier molecular flexibility index (Phi) is 4.14. The Morgan fingerprint density at radius 3 is 2.35 bits per heavy atom. The third-order valence-electron chi connectivity index (χ3n) is 4.44. The number of amides is 2. The van der Waals surface area contributed by atoms with Gasteiger partial charge in [0.15, 0.2) is 0 Å². The van der Waals surface area contributed by atoms with E-state index in [0.29, 0.717) is 13.1 Å². The third kappa shape index (κ3) is 2.85. The predicted octanol–water partition coefficient (Wildman–Crippen LogP) is 1.30. The van der Waals surface area contributed by atoms with Crippen molar-refractivity contribution in [3.8, 4) is 0 Å². The van der Waals surface area contributed by atoms with Crippen LogP contribution in [-0.2, 0) is 19.6 Å². The van der Waals surface area contributed by atoms with Gasteiger partial charge in [-0.05, 0) is 38.3 Å². The highest BCUT2D eigenvalue weighted by Crippen LogP contribution is 2.29. The summed E-state index contributed by atoms with van der Waals surface area (Å²) < 4.78 is 26.4. The standard InChI is InChI=1S/C16H20N2O4S/c1-12-4-6-13(7-5-12)23(21,22)18-14(8-9-15(18)19)16(20)17-10-2-3-11-17/h4-7,14H,2-3,8-11H2,1H3. The first-order valence-electron chi connectivity index (χ1n) is 7.84. The molecule has 2 aliphatic heterocycles. The second-order valence-corrected chi connectivity index (χ2v) is 7.91. The average molecular weight is 336 g/mol. The number of likely N-dealkylation sites (tertiary alicyclic amines) is 1. The molecule has 1 aromatic carbocycles. The zero-order valence-electron chi connectivity index (χ0n) is 13.1. The molecule has 2 fully saturated rings. The fraction of sp³-hybridized carbons (Fsp3) is 0.500. The van der Waals surface area contributed by atoms with Crippen LogP contribution >= 0.6 is 0 Å². The fourth-order valence-electron chi connectivity index (χ4n) is 3.16. The van der Waals surface area contributed by atoms with E-state index in [1.54, 1.807) is 17.0 Å². The van der Waals surface area contributed by atoms with Crippen molar-refractivity contribution in [2.45, 2.75) is 43.5 Å². The number of benzene rings is 1. The lowest BCUT2D eigenvalue weighted by Crippen LogP contribution is -2.48. The summed E-state index contributed by atoms with van der Waals surface area (Å²) in [4.78, 5) is 26.5. The van der Waals surface area contributed by atoms with Gasteiger partial charge < -0.3 is 4.90 Å². The van der Waals surface area contributed by atoms with Crippen LogP contribution in [0.2, 0.25) is 0 Å². The number of rotatable bonds is 3. The molecular weight excluding hydrogens is 316 g/mol. The minimum Gasteiger partial charge on any atom is -0.341 e. The Bertz CT molecular complexity index is 721. The maximum atomic E-state index is 12.8. The van der Waals surface area contributed by atoms with Crippen LogP contribution < -0.4 is 0 Å². The van der Waals surface area contributed by atoms with Gasteiger partial charge in [0, 0.05) is 19.5 Å². The monoisotopic (exact) mass is 336 g/mol. The molecule has 3 rings (SSSR count). The quantitative estimate of drug-likeness (QED) is 0.834. The maximum Gasteiger partial charge on any atom is 0.267 e. The topological polar surface area (TPSA) is 74.8 Å². The molecular formula is C16H20N2O4S. The Labute approximate surface area is 136 Å². The van der Waals surface area contributed by atoms with Gasteiger partial charge in [0.2, 0.25) is 11.8 Å². The molecule has 2 heterocycles. The van der Waals surface area contributed by atoms with Crippen molar-refractivity contribution < 1.29 is 18.0 Å². The van der Waals surface area contributed by atoms with E-state index in [4.69, 9.17) is 0 Å². The lowest BCUT2D eigenvalue weighted by atomic mass is 10.2. The molecule has 6 nitrogen and oxygen atoms in total. The molecule has 23 heavy (non-hydrogen) atoms. The molecule has 0 saturated carbocycles. The number of aryl methyl sites for hydroxylation is 1. The number of hydrogen-bond acceptors (Lipinski definition) is 4. The summed E-state index contributed by atoms with van der Waals surface area (Å²) in [6.07, 6.45) is 2.21. The van der Waals surface area contributed by atoms with Gasteiger partial charge in [-0.1, -0.05) is 17.7 Å². The van der Waals surface area contributed by atoms with Crippen molar-refractivity contribution in [2.75, 3.05) is 13.1 Å². The van der Waals surface area contributed by atoms with E-state index in [1.807, 2.05) is 6.92 Å². The summed E-state index contributed by atoms with van der Waals surface area (Å²) in [6.45, 7) is 3.14. The van der Waals surface area contributed by atoms with Crippen LogP contribution in [0.3, 0.4) is 0 Å². The normalized spacial score (nSPS) is 22.0. The van der Waals surface area contributed by atoms with Gasteiger partial charge in [-0.25, -0.2) is 12.7 Å². The van der Waals surface area contributed by atoms with Crippen LogP contribution in [0.1, 0.15) is 31.2 Å². The SMILES string of the molecule is Cc1ccc(S(=O)(=O)N2C(=O)CCC2C(=O)N2CCCC2)cc1. The number of nitrogens with zero attached hydrogens (tertiary/aromatic N) is 2. The van der Waals surface area contributed by atoms with Gasteiger partial charge in [0.25, 0.3) is 10.0 Å². The van der Waals surface area contributed by atoms with Crippen LogP contribution in [0.4, 0.5) is 0 Å². The van der Waals surface area contributed by atoms with E-state index in [2.05, 4.69) is 0 Å². The van der Waals surface area contributed by atoms with Crippen LogP contribution in [0.25, 0.3) is 0 Å². The molecule has 124 valence electrons. The van der Waals surface area contributed by atoms with E-state index in [1.165, 1.54) is 12.1 Å². The second-order valence-electron chi connectivity index (χ2n) is 6.09. The fourth-order valence-corrected chi connectivity index (χ4v) is 4.76. The lowest BCUT2D eigenvalue weighted by molar-refractivity contribution is -0.136. The third-order valence-corrected chi connectivity index (χ3v) is 6.29. The Hall–Kier alpha value is -1.89. The van der Waals surface area contributed by atoms with E-state index >= 15 is 0 Å². The van der Waals surface area contributed by atoms with E-state index in [0.717, 1.165) is 22.7 Å². The smallest absolute Gasteiger partial charge is 0.267 e. The summed E-state index contributed by atoms with van der Waals surface area (Å²) in [6, 6.07) is 5.43. The molecule has 2 saturated heterocycles. The van der Waals surface area contributed by atoms with Crippen LogP contribution in [0.15, 0.2) is 29.2 Å². The summed E-state index contributed by atoms with van der Waals surface area (Å²) in [5.41, 5.74) is 0.932. The molecule has 0 bridgehead atoms. The van der Waals surface area contributed by atoms with Gasteiger partial charge in [0.05, 0.1) is 4.90 Å². The second kappa shape index (κ2) is 5.96. The van der Waals surface area contributed by atoms with Crippen LogP contribution in [0, 0.1) is 6.92 Å². The molecule has 0 N–H and O–H groups in total. The van der Waals surface area contributed by atoms with Crippen molar-refractivity contribution in [1.29, 1.82) is 0 Å². The minimum atomic E-state index is -3.99. The molecule has 0 aromatic heterocycles. The molecule has 1 unspecified atom stereocenters. The highest BCUT2D eigenvalue weighted by molar-refractivity contribution is 7.89. The number of sulfonamides is 1. The number of hydrogen-bond donors (Lipinski definition) is 0. The van der Waals surface area contributed by atoms with E-state index < -0.39 is 22.0 Å². The maximum absolute atomic E-state index is 12.8. The summed E-state index contributed by atoms with van der Waals surface area (Å²) >= 11 is 0. The molecule has 7 heteroatoms. The Morgan fingerprint density at radius 1 is 1.13 bits per heavy atom. The highest BCUT2D eigenvalue weighted by atomic mass is 32.2. The van der Waals surface area contributed by atoms with Gasteiger partial charge in [-0.15, -0.1) is 0 Å². The van der Waals surface area contributed by atoms with Crippen LogP contribution in [0.5, 0.6) is 0 Å². The highest BCUT2D eigenvalue weighted by Gasteiger charge is 2.45. The van der Waals surface area contributed by atoms with Gasteiger partial charge in [0.1, 0.15) is 6.04 Å². The van der Waals surface area contributed by atoms with E-state index in [-0.39, 0.29) is 23.6 Å². The first-order valence-corrected chi connectivity index (χ1v) is 9.28. The summed E-state index contributed by atoms with van der Waals surface area (Å²) in [7, 11) is -3.99. The van der Waals surface area contributed by atoms with Gasteiger partial charge in [-0.2, -0.15) is 0 Å². The summed E-state index contributed by atoms with van der Waals surface area (Å²) in [5, 5.41) is 0. The number of carbonyl (C=O) groups excluding carboxylic acids is 2. The molecule has 2 amide bonds. The zero-order chi connectivity index (χ0) is 16.6. The van der Waals surface area contributed by atoms with Crippen molar-refractivity contribution in [1.82, 2.24) is 9.21 Å². The van der Waals surface area contributed by atoms with Crippen LogP contribution in [-0.4, -0.2) is 48.6 Å². The molecule has 0 radical (unpaired) electrons. The summed E-state index contributed by atoms with van der Waals surface area (Å²) in [5.74, 6) is -0.743. The molecule has 0 spiro atoms. The van der Waals surface area contributed by atoms with Gasteiger partial charge in [-0.3, -0.25) is 9.59 Å². The van der Waals surface area contributed by atoms with Crippen molar-refractivity contribution in [2.24, 2.45) is 0 Å². The largest absolute Gasteiger partial charge is 0.341 e. The van der Waals surface area contributed by atoms with Crippen molar-refractivity contribution in [3.05, 3.63) is 29.8 Å². The molecule has 1 atom stereocenters. The zero-order valence-corrected chi connectivity index (χ0v) is 13.9. The Balaban J connectivity index is 1.92. The first-order chi connectivity index (χ1) is 10.9. The van der Waals surface area contributed by atoms with Crippen molar-refractivity contribution in [3.63, 3.8) is 0 Å². The minimum absolute atomic E-state index is 0.0533.